The van der Waals surface area contributed by atoms with E-state index in [9.17, 15) is 25.5 Å². The Hall–Kier alpha value is -1.38. The van der Waals surface area contributed by atoms with Crippen LogP contribution < -0.4 is 4.74 Å². The molecule has 5 N–H and O–H groups in total. The minimum Gasteiger partial charge on any atom is -0.508 e. The van der Waals surface area contributed by atoms with Crippen molar-refractivity contribution in [2.24, 2.45) is 0 Å². The molecule has 130 valence electrons. The second-order valence-electron chi connectivity index (χ2n) is 6.74. The molecule has 2 rings (SSSR count). The first-order chi connectivity index (χ1) is 10.6. The second-order valence-corrected chi connectivity index (χ2v) is 6.74. The third-order valence-electron chi connectivity index (χ3n) is 3.88. The normalized spacial score (nSPS) is 31.9. The van der Waals surface area contributed by atoms with Gasteiger partial charge in [-0.2, -0.15) is 0 Å². The van der Waals surface area contributed by atoms with Gasteiger partial charge in [-0.1, -0.05) is 20.8 Å². The number of aliphatic hydroxyl groups excluding tert-OH is 4. The monoisotopic (exact) mass is 328 g/mol. The highest BCUT2D eigenvalue weighted by molar-refractivity contribution is 5.43. The van der Waals surface area contributed by atoms with Gasteiger partial charge in [-0.3, -0.25) is 0 Å². The van der Waals surface area contributed by atoms with Crippen LogP contribution in [0.4, 0.5) is 0 Å². The molecule has 0 radical (unpaired) electrons. The van der Waals surface area contributed by atoms with Crippen LogP contribution in [0.15, 0.2) is 18.2 Å². The predicted molar refractivity (Wildman–Crippen MR) is 81.2 cm³/mol. The summed E-state index contributed by atoms with van der Waals surface area (Å²) in [5.41, 5.74) is 0.332. The van der Waals surface area contributed by atoms with Crippen LogP contribution in [-0.2, 0) is 10.2 Å². The average molecular weight is 328 g/mol. The average Bonchev–Trinajstić information content (AvgIpc) is 2.48. The zero-order chi connectivity index (χ0) is 17.4. The number of ether oxygens (including phenoxy) is 2. The maximum Gasteiger partial charge on any atom is 0.229 e. The fourth-order valence-electron chi connectivity index (χ4n) is 2.49. The number of aliphatic hydroxyl groups is 4. The molecule has 1 aromatic rings. The smallest absolute Gasteiger partial charge is 0.229 e. The molecule has 1 fully saturated rings. The molecule has 23 heavy (non-hydrogen) atoms. The van der Waals surface area contributed by atoms with Crippen LogP contribution in [0.1, 0.15) is 26.3 Å². The summed E-state index contributed by atoms with van der Waals surface area (Å²) in [6.45, 7) is 5.27. The van der Waals surface area contributed by atoms with E-state index in [2.05, 4.69) is 0 Å². The van der Waals surface area contributed by atoms with E-state index in [0.717, 1.165) is 0 Å². The van der Waals surface area contributed by atoms with Crippen LogP contribution in [0.3, 0.4) is 0 Å². The van der Waals surface area contributed by atoms with Crippen molar-refractivity contribution in [1.82, 2.24) is 0 Å². The minimum atomic E-state index is -1.50. The number of benzene rings is 1. The van der Waals surface area contributed by atoms with E-state index in [1.165, 1.54) is 12.1 Å². The van der Waals surface area contributed by atoms with Gasteiger partial charge in [-0.25, -0.2) is 0 Å². The Kier molecular flexibility index (Phi) is 5.17. The summed E-state index contributed by atoms with van der Waals surface area (Å²) < 4.78 is 10.8. The lowest BCUT2D eigenvalue weighted by molar-refractivity contribution is -0.277. The Morgan fingerprint density at radius 1 is 1.09 bits per heavy atom. The van der Waals surface area contributed by atoms with Crippen LogP contribution in [0.5, 0.6) is 11.5 Å². The SMILES string of the molecule is CC(C)(C)c1cc(O[C@H]2O[C@H](CO)[C@@H](O)[C@H](O)[C@H]2O)ccc1O. The summed E-state index contributed by atoms with van der Waals surface area (Å²) in [6.07, 6.45) is -6.68. The van der Waals surface area contributed by atoms with E-state index in [4.69, 9.17) is 9.47 Å². The molecule has 0 unspecified atom stereocenters. The van der Waals surface area contributed by atoms with Crippen molar-refractivity contribution >= 4 is 0 Å². The lowest BCUT2D eigenvalue weighted by Gasteiger charge is -2.39. The van der Waals surface area contributed by atoms with Crippen LogP contribution in [-0.4, -0.2) is 62.8 Å². The molecule has 0 saturated carbocycles. The summed E-state index contributed by atoms with van der Waals surface area (Å²) in [6, 6.07) is 4.60. The highest BCUT2D eigenvalue weighted by Gasteiger charge is 2.44. The van der Waals surface area contributed by atoms with E-state index in [-0.39, 0.29) is 11.2 Å². The molecular weight excluding hydrogens is 304 g/mol. The van der Waals surface area contributed by atoms with Gasteiger partial charge < -0.3 is 35.0 Å². The lowest BCUT2D eigenvalue weighted by Crippen LogP contribution is -2.60. The molecule has 1 aliphatic rings. The first-order valence-electron chi connectivity index (χ1n) is 7.46. The van der Waals surface area contributed by atoms with Crippen molar-refractivity contribution in [1.29, 1.82) is 0 Å². The Morgan fingerprint density at radius 3 is 2.30 bits per heavy atom. The molecule has 0 aromatic heterocycles. The predicted octanol–water partition coefficient (Wildman–Crippen LogP) is -0.132. The first-order valence-corrected chi connectivity index (χ1v) is 7.46. The topological polar surface area (TPSA) is 120 Å². The summed E-state index contributed by atoms with van der Waals surface area (Å²) in [7, 11) is 0. The summed E-state index contributed by atoms with van der Waals surface area (Å²) in [5.74, 6) is 0.454. The molecule has 0 aliphatic carbocycles. The van der Waals surface area contributed by atoms with E-state index in [1.807, 2.05) is 20.8 Å². The van der Waals surface area contributed by atoms with Gasteiger partial charge in [0.15, 0.2) is 0 Å². The van der Waals surface area contributed by atoms with Crippen LogP contribution in [0, 0.1) is 0 Å². The van der Waals surface area contributed by atoms with Gasteiger partial charge in [0.2, 0.25) is 6.29 Å². The van der Waals surface area contributed by atoms with E-state index in [0.29, 0.717) is 11.3 Å². The molecule has 1 saturated heterocycles. The van der Waals surface area contributed by atoms with E-state index >= 15 is 0 Å². The van der Waals surface area contributed by atoms with Gasteiger partial charge in [0.1, 0.15) is 35.9 Å². The largest absolute Gasteiger partial charge is 0.508 e. The molecule has 0 amide bonds. The Morgan fingerprint density at radius 2 is 1.74 bits per heavy atom. The van der Waals surface area contributed by atoms with Crippen LogP contribution in [0.2, 0.25) is 0 Å². The quantitative estimate of drug-likeness (QED) is 0.524. The van der Waals surface area contributed by atoms with Crippen molar-refractivity contribution in [2.75, 3.05) is 6.61 Å². The molecular formula is C16H24O7. The van der Waals surface area contributed by atoms with Crippen molar-refractivity contribution in [3.63, 3.8) is 0 Å². The fourth-order valence-corrected chi connectivity index (χ4v) is 2.49. The van der Waals surface area contributed by atoms with Gasteiger partial charge in [0, 0.05) is 5.56 Å². The van der Waals surface area contributed by atoms with Crippen LogP contribution >= 0.6 is 0 Å². The van der Waals surface area contributed by atoms with Gasteiger partial charge in [-0.05, 0) is 23.6 Å². The van der Waals surface area contributed by atoms with Gasteiger partial charge >= 0.3 is 0 Å². The Balaban J connectivity index is 2.21. The van der Waals surface area contributed by atoms with E-state index in [1.54, 1.807) is 6.07 Å². The fraction of sp³-hybridized carbons (Fsp3) is 0.625. The summed E-state index contributed by atoms with van der Waals surface area (Å²) in [4.78, 5) is 0. The molecule has 1 aliphatic heterocycles. The molecule has 5 atom stereocenters. The molecule has 7 heteroatoms. The molecule has 1 heterocycles. The van der Waals surface area contributed by atoms with Gasteiger partial charge in [-0.15, -0.1) is 0 Å². The van der Waals surface area contributed by atoms with Crippen LogP contribution in [0.25, 0.3) is 0 Å². The van der Waals surface area contributed by atoms with Gasteiger partial charge in [0.25, 0.3) is 0 Å². The maximum absolute atomic E-state index is 9.98. The molecule has 0 spiro atoms. The summed E-state index contributed by atoms with van der Waals surface area (Å²) >= 11 is 0. The Labute approximate surface area is 134 Å². The standard InChI is InChI=1S/C16H24O7/c1-16(2,3)9-6-8(4-5-10(9)18)22-15-14(21)13(20)12(19)11(7-17)23-15/h4-6,11-15,17-21H,7H2,1-3H3/t11-,12-,13+,14-,15+/m1/s1. The third-order valence-corrected chi connectivity index (χ3v) is 3.88. The molecule has 0 bridgehead atoms. The summed E-state index contributed by atoms with van der Waals surface area (Å²) in [5, 5.41) is 48.6. The van der Waals surface area contributed by atoms with Crippen molar-refractivity contribution in [3.05, 3.63) is 23.8 Å². The highest BCUT2D eigenvalue weighted by Crippen LogP contribution is 2.34. The van der Waals surface area contributed by atoms with Crippen molar-refractivity contribution in [2.45, 2.75) is 56.9 Å². The number of hydrogen-bond donors (Lipinski definition) is 5. The zero-order valence-corrected chi connectivity index (χ0v) is 13.4. The minimum absolute atomic E-state index is 0.124. The first kappa shape index (κ1) is 18.0. The highest BCUT2D eigenvalue weighted by atomic mass is 16.7. The number of phenols is 1. The van der Waals surface area contributed by atoms with E-state index < -0.39 is 37.3 Å². The number of hydrogen-bond acceptors (Lipinski definition) is 7. The van der Waals surface area contributed by atoms with Crippen molar-refractivity contribution in [3.8, 4) is 11.5 Å². The number of rotatable bonds is 3. The lowest BCUT2D eigenvalue weighted by atomic mass is 9.86. The molecule has 7 nitrogen and oxygen atoms in total. The zero-order valence-electron chi connectivity index (χ0n) is 13.4. The molecule has 1 aromatic carbocycles. The number of aromatic hydroxyl groups is 1. The third kappa shape index (κ3) is 3.76. The second kappa shape index (κ2) is 6.62. The maximum atomic E-state index is 9.98. The Bertz CT molecular complexity index is 538. The van der Waals surface area contributed by atoms with Gasteiger partial charge in [0.05, 0.1) is 6.61 Å². The van der Waals surface area contributed by atoms with Crippen molar-refractivity contribution < 1.29 is 35.0 Å². The number of phenolic OH excluding ortho intramolecular Hbond substituents is 1.